The number of carbonyl (C=O) groups is 3. The van der Waals surface area contributed by atoms with E-state index in [0.29, 0.717) is 12.8 Å². The number of carboxylic acids is 1. The minimum atomic E-state index is -1.21. The summed E-state index contributed by atoms with van der Waals surface area (Å²) >= 11 is 0. The van der Waals surface area contributed by atoms with Gasteiger partial charge in [-0.1, -0.05) is 92.7 Å². The molecular formula is C31H34N2O5. The molecule has 0 unspecified atom stereocenters. The monoisotopic (exact) mass is 514 g/mol. The van der Waals surface area contributed by atoms with Crippen LogP contribution in [-0.4, -0.2) is 46.7 Å². The van der Waals surface area contributed by atoms with Gasteiger partial charge >= 0.3 is 12.1 Å². The van der Waals surface area contributed by atoms with Gasteiger partial charge < -0.3 is 20.1 Å². The molecule has 0 aliphatic heterocycles. The van der Waals surface area contributed by atoms with Crippen molar-refractivity contribution in [3.8, 4) is 11.1 Å². The van der Waals surface area contributed by atoms with Gasteiger partial charge in [0, 0.05) is 19.0 Å². The molecule has 2 N–H and O–H groups in total. The molecule has 0 atom stereocenters. The molecule has 1 aliphatic carbocycles. The Morgan fingerprint density at radius 2 is 1.42 bits per heavy atom. The molecule has 3 aromatic carbocycles. The Morgan fingerprint density at radius 3 is 1.97 bits per heavy atom. The molecule has 198 valence electrons. The molecule has 0 spiro atoms. The smallest absolute Gasteiger partial charge is 0.408 e. The van der Waals surface area contributed by atoms with Gasteiger partial charge in [0.1, 0.15) is 12.1 Å². The summed E-state index contributed by atoms with van der Waals surface area (Å²) in [5.74, 6) is -1.40. The lowest BCUT2D eigenvalue weighted by molar-refractivity contribution is -0.142. The van der Waals surface area contributed by atoms with E-state index < -0.39 is 17.6 Å². The maximum absolute atomic E-state index is 13.8. The van der Waals surface area contributed by atoms with Crippen molar-refractivity contribution in [3.05, 3.63) is 95.6 Å². The van der Waals surface area contributed by atoms with E-state index in [1.165, 1.54) is 4.90 Å². The second kappa shape index (κ2) is 11.9. The first-order valence-corrected chi connectivity index (χ1v) is 13.1. The predicted octanol–water partition coefficient (Wildman–Crippen LogP) is 5.59. The maximum Gasteiger partial charge on any atom is 0.408 e. The van der Waals surface area contributed by atoms with E-state index in [1.54, 1.807) is 0 Å². The van der Waals surface area contributed by atoms with Gasteiger partial charge in [0.15, 0.2) is 0 Å². The number of fused-ring (bicyclic) bond motifs is 3. The van der Waals surface area contributed by atoms with Crippen LogP contribution in [0.4, 0.5) is 4.79 Å². The van der Waals surface area contributed by atoms with Crippen molar-refractivity contribution in [1.29, 1.82) is 0 Å². The minimum Gasteiger partial charge on any atom is -0.481 e. The molecule has 0 saturated carbocycles. The molecule has 1 aliphatic rings. The lowest BCUT2D eigenvalue weighted by Gasteiger charge is -2.36. The normalized spacial score (nSPS) is 12.4. The lowest BCUT2D eigenvalue weighted by atomic mass is 9.90. The fourth-order valence-corrected chi connectivity index (χ4v) is 5.20. The summed E-state index contributed by atoms with van der Waals surface area (Å²) in [7, 11) is 0. The first-order chi connectivity index (χ1) is 18.4. The standard InChI is InChI=1S/C31H34N2O5/c1-3-31(4-2,29(36)33(19-18-28(34)35)20-22-12-6-5-7-13-22)32-30(37)38-21-27-25-16-10-8-14-23(25)24-15-9-11-17-26(24)27/h5-17,27H,3-4,18-21H2,1-2H3,(H,32,37)(H,34,35). The van der Waals surface area contributed by atoms with Gasteiger partial charge in [-0.2, -0.15) is 0 Å². The van der Waals surface area contributed by atoms with Gasteiger partial charge in [-0.05, 0) is 40.7 Å². The average Bonchev–Trinajstić information content (AvgIpc) is 3.26. The van der Waals surface area contributed by atoms with Crippen molar-refractivity contribution in [1.82, 2.24) is 10.2 Å². The van der Waals surface area contributed by atoms with E-state index in [4.69, 9.17) is 4.74 Å². The Hall–Kier alpha value is -4.13. The number of alkyl carbamates (subject to hydrolysis) is 1. The number of hydrogen-bond acceptors (Lipinski definition) is 4. The third-order valence-corrected chi connectivity index (χ3v) is 7.40. The zero-order chi connectivity index (χ0) is 27.1. The Balaban J connectivity index is 1.49. The summed E-state index contributed by atoms with van der Waals surface area (Å²) in [5.41, 5.74) is 4.16. The number of hydrogen-bond donors (Lipinski definition) is 2. The van der Waals surface area contributed by atoms with Crippen molar-refractivity contribution in [2.24, 2.45) is 0 Å². The van der Waals surface area contributed by atoms with Gasteiger partial charge in [0.2, 0.25) is 5.91 Å². The molecule has 38 heavy (non-hydrogen) atoms. The summed E-state index contributed by atoms with van der Waals surface area (Å²) in [6, 6.07) is 25.6. The number of carboxylic acid groups (broad SMARTS) is 1. The summed E-state index contributed by atoms with van der Waals surface area (Å²) in [6.45, 7) is 4.11. The largest absolute Gasteiger partial charge is 0.481 e. The highest BCUT2D eigenvalue weighted by Crippen LogP contribution is 2.44. The first kappa shape index (κ1) is 26.9. The summed E-state index contributed by atoms with van der Waals surface area (Å²) in [5, 5.41) is 12.1. The number of benzene rings is 3. The summed E-state index contributed by atoms with van der Waals surface area (Å²) < 4.78 is 5.73. The zero-order valence-electron chi connectivity index (χ0n) is 21.9. The quantitative estimate of drug-likeness (QED) is 0.348. The third kappa shape index (κ3) is 5.72. The van der Waals surface area contributed by atoms with Crippen LogP contribution in [0.1, 0.15) is 55.7 Å². The first-order valence-electron chi connectivity index (χ1n) is 13.1. The van der Waals surface area contributed by atoms with Gasteiger partial charge in [-0.25, -0.2) is 4.79 Å². The highest BCUT2D eigenvalue weighted by atomic mass is 16.5. The Morgan fingerprint density at radius 1 is 0.868 bits per heavy atom. The number of ether oxygens (including phenoxy) is 1. The van der Waals surface area contributed by atoms with E-state index in [2.05, 4.69) is 29.6 Å². The van der Waals surface area contributed by atoms with E-state index in [9.17, 15) is 19.5 Å². The molecule has 0 saturated heterocycles. The number of amides is 2. The minimum absolute atomic E-state index is 0.0389. The van der Waals surface area contributed by atoms with Crippen molar-refractivity contribution < 1.29 is 24.2 Å². The lowest BCUT2D eigenvalue weighted by Crippen LogP contribution is -2.59. The fraction of sp³-hybridized carbons (Fsp3) is 0.323. The SMILES string of the molecule is CCC(CC)(NC(=O)OCC1c2ccccc2-c2ccccc21)C(=O)N(CCC(=O)O)Cc1ccccc1. The number of nitrogens with zero attached hydrogens (tertiary/aromatic N) is 1. The Bertz CT molecular complexity index is 1240. The van der Waals surface area contributed by atoms with Crippen LogP contribution in [0.3, 0.4) is 0 Å². The molecule has 0 radical (unpaired) electrons. The predicted molar refractivity (Wildman–Crippen MR) is 146 cm³/mol. The van der Waals surface area contributed by atoms with Gasteiger partial charge in [-0.15, -0.1) is 0 Å². The van der Waals surface area contributed by atoms with E-state index in [1.807, 2.05) is 68.4 Å². The van der Waals surface area contributed by atoms with Crippen molar-refractivity contribution >= 4 is 18.0 Å². The fourth-order valence-electron chi connectivity index (χ4n) is 5.20. The van der Waals surface area contributed by atoms with Crippen LogP contribution >= 0.6 is 0 Å². The van der Waals surface area contributed by atoms with Crippen LogP contribution in [0.5, 0.6) is 0 Å². The van der Waals surface area contributed by atoms with Crippen LogP contribution in [-0.2, 0) is 20.9 Å². The van der Waals surface area contributed by atoms with E-state index in [-0.39, 0.29) is 37.9 Å². The van der Waals surface area contributed by atoms with Crippen molar-refractivity contribution in [2.45, 2.75) is 51.1 Å². The molecule has 0 heterocycles. The maximum atomic E-state index is 13.8. The van der Waals surface area contributed by atoms with Gasteiger partial charge in [0.05, 0.1) is 6.42 Å². The average molecular weight is 515 g/mol. The molecule has 0 fully saturated rings. The van der Waals surface area contributed by atoms with Crippen molar-refractivity contribution in [2.75, 3.05) is 13.2 Å². The number of carbonyl (C=O) groups excluding carboxylic acids is 2. The Labute approximate surface area is 223 Å². The molecule has 4 rings (SSSR count). The molecule has 0 bridgehead atoms. The molecule has 3 aromatic rings. The topological polar surface area (TPSA) is 95.9 Å². The van der Waals surface area contributed by atoms with Gasteiger partial charge in [-0.3, -0.25) is 9.59 Å². The highest BCUT2D eigenvalue weighted by molar-refractivity contribution is 5.90. The zero-order valence-corrected chi connectivity index (χ0v) is 21.9. The van der Waals surface area contributed by atoms with Crippen molar-refractivity contribution in [3.63, 3.8) is 0 Å². The molecule has 7 heteroatoms. The molecule has 0 aromatic heterocycles. The summed E-state index contributed by atoms with van der Waals surface area (Å²) in [4.78, 5) is 39.8. The summed E-state index contributed by atoms with van der Waals surface area (Å²) in [6.07, 6.45) is -0.176. The Kier molecular flexibility index (Phi) is 8.46. The van der Waals surface area contributed by atoms with E-state index in [0.717, 1.165) is 27.8 Å². The van der Waals surface area contributed by atoms with Gasteiger partial charge in [0.25, 0.3) is 0 Å². The second-order valence-corrected chi connectivity index (χ2v) is 9.60. The highest BCUT2D eigenvalue weighted by Gasteiger charge is 2.40. The van der Waals surface area contributed by atoms with E-state index >= 15 is 0 Å². The van der Waals surface area contributed by atoms with Crippen LogP contribution in [0, 0.1) is 0 Å². The number of aliphatic carboxylic acids is 1. The molecular weight excluding hydrogens is 480 g/mol. The van der Waals surface area contributed by atoms with Crippen LogP contribution < -0.4 is 5.32 Å². The number of nitrogens with one attached hydrogen (secondary N) is 1. The third-order valence-electron chi connectivity index (χ3n) is 7.40. The van der Waals surface area contributed by atoms with Crippen LogP contribution in [0.25, 0.3) is 11.1 Å². The molecule has 7 nitrogen and oxygen atoms in total. The molecule has 2 amide bonds. The van der Waals surface area contributed by atoms with Crippen LogP contribution in [0.2, 0.25) is 0 Å². The second-order valence-electron chi connectivity index (χ2n) is 9.60. The number of rotatable bonds is 11. The van der Waals surface area contributed by atoms with Crippen LogP contribution in [0.15, 0.2) is 78.9 Å².